The van der Waals surface area contributed by atoms with E-state index in [9.17, 15) is 10.2 Å². The largest absolute Gasteiger partial charge is 0.507 e. The monoisotopic (exact) mass is 308 g/mol. The maximum atomic E-state index is 10.1. The predicted molar refractivity (Wildman–Crippen MR) is 71.2 cm³/mol. The van der Waals surface area contributed by atoms with E-state index < -0.39 is 6.23 Å². The van der Waals surface area contributed by atoms with Crippen LogP contribution < -0.4 is 0 Å². The summed E-state index contributed by atoms with van der Waals surface area (Å²) in [4.78, 5) is 4.43. The van der Waals surface area contributed by atoms with Gasteiger partial charge in [0.25, 0.3) is 0 Å². The number of nitrogens with zero attached hydrogens (tertiary/aromatic N) is 2. The van der Waals surface area contributed by atoms with Gasteiger partial charge in [0.15, 0.2) is 0 Å². The van der Waals surface area contributed by atoms with Gasteiger partial charge in [-0.15, -0.1) is 0 Å². The van der Waals surface area contributed by atoms with Crippen molar-refractivity contribution >= 4 is 15.9 Å². The number of halogens is 1. The van der Waals surface area contributed by atoms with Gasteiger partial charge in [-0.05, 0) is 47.3 Å². The lowest BCUT2D eigenvalue weighted by Crippen LogP contribution is -2.18. The van der Waals surface area contributed by atoms with E-state index in [1.165, 1.54) is 0 Å². The number of aromatic hydroxyl groups is 1. The topological polar surface area (TPSA) is 58.3 Å². The van der Waals surface area contributed by atoms with Crippen LogP contribution in [0.5, 0.6) is 5.75 Å². The van der Waals surface area contributed by atoms with Crippen molar-refractivity contribution < 1.29 is 10.2 Å². The minimum absolute atomic E-state index is 0.176. The highest BCUT2D eigenvalue weighted by Crippen LogP contribution is 2.37. The Bertz CT molecular complexity index is 595. The van der Waals surface area contributed by atoms with E-state index in [0.29, 0.717) is 11.4 Å². The standard InChI is InChI=1S/C13H13BrN2O2/c14-12-9-5-3-7-11(18)16(9)13(15-12)8-4-1-2-6-10(8)17/h1-2,4,6,11,17-18H,3,5,7H2. The molecule has 3 rings (SSSR count). The molecule has 0 saturated heterocycles. The summed E-state index contributed by atoms with van der Waals surface area (Å²) in [6.07, 6.45) is 1.99. The van der Waals surface area contributed by atoms with Crippen molar-refractivity contribution in [3.05, 3.63) is 34.6 Å². The molecule has 2 heterocycles. The summed E-state index contributed by atoms with van der Waals surface area (Å²) in [5.41, 5.74) is 1.64. The van der Waals surface area contributed by atoms with Gasteiger partial charge < -0.3 is 14.8 Å². The minimum atomic E-state index is -0.567. The van der Waals surface area contributed by atoms with Crippen LogP contribution in [0.3, 0.4) is 0 Å². The summed E-state index contributed by atoms with van der Waals surface area (Å²) in [7, 11) is 0. The van der Waals surface area contributed by atoms with Crippen molar-refractivity contribution in [2.45, 2.75) is 25.5 Å². The fourth-order valence-corrected chi connectivity index (χ4v) is 2.97. The van der Waals surface area contributed by atoms with Crippen LogP contribution in [-0.2, 0) is 6.42 Å². The molecule has 4 nitrogen and oxygen atoms in total. The molecule has 0 saturated carbocycles. The van der Waals surface area contributed by atoms with E-state index in [2.05, 4.69) is 20.9 Å². The summed E-state index contributed by atoms with van der Waals surface area (Å²) in [6, 6.07) is 7.04. The maximum Gasteiger partial charge on any atom is 0.147 e. The van der Waals surface area contributed by atoms with Gasteiger partial charge in [-0.2, -0.15) is 0 Å². The number of aliphatic hydroxyl groups excluding tert-OH is 1. The molecule has 1 aromatic carbocycles. The molecule has 0 spiro atoms. The van der Waals surface area contributed by atoms with Gasteiger partial charge in [0, 0.05) is 0 Å². The summed E-state index contributed by atoms with van der Waals surface area (Å²) in [6.45, 7) is 0. The van der Waals surface area contributed by atoms with Crippen molar-refractivity contribution in [1.29, 1.82) is 0 Å². The first-order valence-electron chi connectivity index (χ1n) is 5.91. The second-order valence-corrected chi connectivity index (χ2v) is 5.18. The van der Waals surface area contributed by atoms with Crippen LogP contribution in [0.15, 0.2) is 28.9 Å². The molecular weight excluding hydrogens is 296 g/mol. The summed E-state index contributed by atoms with van der Waals surface area (Å²) in [5, 5.41) is 20.0. The number of phenolic OH excluding ortho intramolecular Hbond substituents is 1. The number of rotatable bonds is 1. The highest BCUT2D eigenvalue weighted by Gasteiger charge is 2.26. The third-order valence-electron chi connectivity index (χ3n) is 3.28. The molecule has 2 aromatic rings. The Kier molecular flexibility index (Phi) is 2.87. The highest BCUT2D eigenvalue weighted by atomic mass is 79.9. The zero-order valence-electron chi connectivity index (χ0n) is 9.67. The zero-order valence-corrected chi connectivity index (χ0v) is 11.3. The van der Waals surface area contributed by atoms with Crippen LogP contribution in [0.25, 0.3) is 11.4 Å². The lowest BCUT2D eigenvalue weighted by Gasteiger charge is -2.23. The molecule has 0 amide bonds. The number of hydrogen-bond donors (Lipinski definition) is 2. The van der Waals surface area contributed by atoms with Gasteiger partial charge >= 0.3 is 0 Å². The Hall–Kier alpha value is -1.33. The molecule has 1 aliphatic rings. The minimum Gasteiger partial charge on any atom is -0.507 e. The van der Waals surface area contributed by atoms with Crippen molar-refractivity contribution in [3.63, 3.8) is 0 Å². The lowest BCUT2D eigenvalue weighted by molar-refractivity contribution is 0.0805. The molecule has 1 unspecified atom stereocenters. The van der Waals surface area contributed by atoms with Crippen molar-refractivity contribution in [3.8, 4) is 17.1 Å². The summed E-state index contributed by atoms with van der Waals surface area (Å²) < 4.78 is 2.56. The first kappa shape index (κ1) is 11.7. The third-order valence-corrected chi connectivity index (χ3v) is 3.92. The number of imidazole rings is 1. The number of para-hydroxylation sites is 1. The molecule has 0 aliphatic carbocycles. The molecule has 5 heteroatoms. The second kappa shape index (κ2) is 4.40. The van der Waals surface area contributed by atoms with Crippen LogP contribution in [0.4, 0.5) is 0 Å². The van der Waals surface area contributed by atoms with E-state index in [0.717, 1.165) is 29.6 Å². The summed E-state index contributed by atoms with van der Waals surface area (Å²) in [5.74, 6) is 0.790. The van der Waals surface area contributed by atoms with Gasteiger partial charge in [-0.3, -0.25) is 0 Å². The fourth-order valence-electron chi connectivity index (χ4n) is 2.42. The smallest absolute Gasteiger partial charge is 0.147 e. The maximum absolute atomic E-state index is 10.1. The SMILES string of the molecule is Oc1ccccc1-c1nc(Br)c2n1C(O)CCC2. The normalized spacial score (nSPS) is 18.7. The Morgan fingerprint density at radius 1 is 1.33 bits per heavy atom. The zero-order chi connectivity index (χ0) is 12.7. The van der Waals surface area contributed by atoms with E-state index in [1.807, 2.05) is 10.6 Å². The molecule has 2 N–H and O–H groups in total. The number of hydrogen-bond acceptors (Lipinski definition) is 3. The Morgan fingerprint density at radius 2 is 2.11 bits per heavy atom. The average Bonchev–Trinajstić information content (AvgIpc) is 2.69. The third kappa shape index (κ3) is 1.74. The average molecular weight is 309 g/mol. The van der Waals surface area contributed by atoms with Crippen LogP contribution >= 0.6 is 15.9 Å². The van der Waals surface area contributed by atoms with Crippen LogP contribution in [0, 0.1) is 0 Å². The molecule has 1 aromatic heterocycles. The molecule has 94 valence electrons. The van der Waals surface area contributed by atoms with Gasteiger partial charge in [0.2, 0.25) is 0 Å². The molecule has 0 radical (unpaired) electrons. The van der Waals surface area contributed by atoms with Gasteiger partial charge in [-0.1, -0.05) is 12.1 Å². The van der Waals surface area contributed by atoms with Crippen LogP contribution in [0.2, 0.25) is 0 Å². The van der Waals surface area contributed by atoms with Crippen molar-refractivity contribution in [2.24, 2.45) is 0 Å². The fraction of sp³-hybridized carbons (Fsp3) is 0.308. The van der Waals surface area contributed by atoms with E-state index >= 15 is 0 Å². The van der Waals surface area contributed by atoms with Crippen LogP contribution in [0.1, 0.15) is 24.8 Å². The number of aliphatic hydroxyl groups is 1. The molecule has 18 heavy (non-hydrogen) atoms. The van der Waals surface area contributed by atoms with E-state index in [1.54, 1.807) is 18.2 Å². The summed E-state index contributed by atoms with van der Waals surface area (Å²) >= 11 is 3.43. The van der Waals surface area contributed by atoms with Crippen molar-refractivity contribution in [2.75, 3.05) is 0 Å². The number of fused-ring (bicyclic) bond motifs is 1. The van der Waals surface area contributed by atoms with Gasteiger partial charge in [0.1, 0.15) is 22.4 Å². The molecule has 0 bridgehead atoms. The number of phenols is 1. The van der Waals surface area contributed by atoms with Gasteiger partial charge in [-0.25, -0.2) is 4.98 Å². The lowest BCUT2D eigenvalue weighted by atomic mass is 10.1. The Balaban J connectivity index is 2.22. The molecular formula is C13H13BrN2O2. The Labute approximate surface area is 113 Å². The Morgan fingerprint density at radius 3 is 2.89 bits per heavy atom. The number of benzene rings is 1. The van der Waals surface area contributed by atoms with Gasteiger partial charge in [0.05, 0.1) is 11.3 Å². The van der Waals surface area contributed by atoms with E-state index in [4.69, 9.17) is 0 Å². The molecule has 0 fully saturated rings. The van der Waals surface area contributed by atoms with Crippen molar-refractivity contribution in [1.82, 2.24) is 9.55 Å². The molecule has 1 aliphatic heterocycles. The van der Waals surface area contributed by atoms with E-state index in [-0.39, 0.29) is 5.75 Å². The quantitative estimate of drug-likeness (QED) is 0.851. The predicted octanol–water partition coefficient (Wildman–Crippen LogP) is 2.85. The molecule has 1 atom stereocenters. The first-order valence-corrected chi connectivity index (χ1v) is 6.71. The highest BCUT2D eigenvalue weighted by molar-refractivity contribution is 9.10. The number of aromatic nitrogens is 2. The van der Waals surface area contributed by atoms with Crippen LogP contribution in [-0.4, -0.2) is 19.8 Å². The first-order chi connectivity index (χ1) is 8.68. The second-order valence-electron chi connectivity index (χ2n) is 4.43.